The zero-order valence-electron chi connectivity index (χ0n) is 12.8. The zero-order chi connectivity index (χ0) is 15.5. The van der Waals surface area contributed by atoms with E-state index >= 15 is 0 Å². The highest BCUT2D eigenvalue weighted by Gasteiger charge is 2.36. The van der Waals surface area contributed by atoms with E-state index in [1.165, 1.54) is 25.7 Å². The van der Waals surface area contributed by atoms with E-state index in [1.807, 2.05) is 18.2 Å². The van der Waals surface area contributed by atoms with Crippen LogP contribution in [-0.4, -0.2) is 17.6 Å². The van der Waals surface area contributed by atoms with Crippen LogP contribution >= 0.6 is 11.6 Å². The van der Waals surface area contributed by atoms with Gasteiger partial charge in [-0.15, -0.1) is 0 Å². The van der Waals surface area contributed by atoms with Crippen molar-refractivity contribution in [3.8, 4) is 0 Å². The fourth-order valence-corrected chi connectivity index (χ4v) is 4.03. The molecule has 2 N–H and O–H groups in total. The maximum absolute atomic E-state index is 12.5. The van der Waals surface area contributed by atoms with E-state index in [0.717, 1.165) is 23.4 Å². The molecule has 22 heavy (non-hydrogen) atoms. The summed E-state index contributed by atoms with van der Waals surface area (Å²) in [5, 5.41) is 13.1. The van der Waals surface area contributed by atoms with Crippen LogP contribution in [0, 0.1) is 17.8 Å². The highest BCUT2D eigenvalue weighted by molar-refractivity contribution is 6.30. The Labute approximate surface area is 137 Å². The summed E-state index contributed by atoms with van der Waals surface area (Å²) in [5.74, 6) is 1.03. The molecule has 0 aliphatic heterocycles. The third-order valence-corrected chi connectivity index (χ3v) is 5.48. The van der Waals surface area contributed by atoms with Crippen LogP contribution in [0.3, 0.4) is 0 Å². The molecule has 1 aromatic rings. The van der Waals surface area contributed by atoms with Crippen LogP contribution in [0.15, 0.2) is 24.3 Å². The molecule has 2 saturated carbocycles. The Morgan fingerprint density at radius 1 is 1.32 bits per heavy atom. The normalized spacial score (nSPS) is 26.5. The van der Waals surface area contributed by atoms with Gasteiger partial charge < -0.3 is 10.4 Å². The van der Waals surface area contributed by atoms with Crippen molar-refractivity contribution in [3.63, 3.8) is 0 Å². The number of aliphatic hydroxyl groups is 1. The number of benzene rings is 1. The van der Waals surface area contributed by atoms with E-state index in [4.69, 9.17) is 16.7 Å². The third-order valence-electron chi connectivity index (χ3n) is 5.24. The molecule has 2 aliphatic carbocycles. The molecule has 4 heteroatoms. The molecule has 0 spiro atoms. The number of hydrogen-bond donors (Lipinski definition) is 2. The van der Waals surface area contributed by atoms with Gasteiger partial charge in [0, 0.05) is 17.5 Å². The lowest BCUT2D eigenvalue weighted by atomic mass is 9.74. The van der Waals surface area contributed by atoms with Gasteiger partial charge in [-0.2, -0.15) is 0 Å². The molecule has 0 saturated heterocycles. The van der Waals surface area contributed by atoms with Gasteiger partial charge in [0.05, 0.1) is 6.04 Å². The van der Waals surface area contributed by atoms with Gasteiger partial charge in [-0.05, 0) is 55.2 Å². The van der Waals surface area contributed by atoms with E-state index in [9.17, 15) is 4.79 Å². The summed E-state index contributed by atoms with van der Waals surface area (Å²) >= 11 is 6.13. The predicted molar refractivity (Wildman–Crippen MR) is 87.6 cm³/mol. The minimum absolute atomic E-state index is 0.0697. The zero-order valence-corrected chi connectivity index (χ0v) is 13.6. The standard InChI is InChI=1S/C18H24ClNO2/c19-16-7-3-6-14(10-16)17(13-4-1-2-5-13)20-18(22)15-8-12(9-15)11-21/h3,6-7,10,12-13,15,17,21H,1-2,4-5,8-9,11H2,(H,20,22)/t12?,15?,17-/m0/s1. The van der Waals surface area contributed by atoms with Crippen LogP contribution in [0.1, 0.15) is 50.1 Å². The van der Waals surface area contributed by atoms with Crippen molar-refractivity contribution in [2.75, 3.05) is 6.61 Å². The van der Waals surface area contributed by atoms with Crippen molar-refractivity contribution in [1.82, 2.24) is 5.32 Å². The monoisotopic (exact) mass is 321 g/mol. The fraction of sp³-hybridized carbons (Fsp3) is 0.611. The largest absolute Gasteiger partial charge is 0.396 e. The number of rotatable bonds is 5. The van der Waals surface area contributed by atoms with Gasteiger partial charge in [0.1, 0.15) is 0 Å². The molecular formula is C18H24ClNO2. The van der Waals surface area contributed by atoms with Gasteiger partial charge in [0.2, 0.25) is 5.91 Å². The summed E-state index contributed by atoms with van der Waals surface area (Å²) in [6, 6.07) is 7.93. The number of hydrogen-bond acceptors (Lipinski definition) is 2. The molecule has 0 aromatic heterocycles. The van der Waals surface area contributed by atoms with Gasteiger partial charge in [-0.3, -0.25) is 4.79 Å². The minimum atomic E-state index is 0.0697. The molecule has 0 radical (unpaired) electrons. The molecule has 120 valence electrons. The quantitative estimate of drug-likeness (QED) is 0.868. The van der Waals surface area contributed by atoms with Crippen molar-refractivity contribution >= 4 is 17.5 Å². The van der Waals surface area contributed by atoms with Crippen LogP contribution in [0.25, 0.3) is 0 Å². The average Bonchev–Trinajstić information content (AvgIpc) is 2.97. The third kappa shape index (κ3) is 3.47. The molecule has 0 unspecified atom stereocenters. The molecule has 3 rings (SSSR count). The molecule has 1 amide bonds. The van der Waals surface area contributed by atoms with E-state index in [0.29, 0.717) is 11.8 Å². The van der Waals surface area contributed by atoms with Crippen LogP contribution in [-0.2, 0) is 4.79 Å². The second-order valence-corrected chi connectivity index (χ2v) is 7.24. The summed E-state index contributed by atoms with van der Waals surface area (Å²) in [4.78, 5) is 12.5. The van der Waals surface area contributed by atoms with Crippen molar-refractivity contribution in [2.24, 2.45) is 17.8 Å². The lowest BCUT2D eigenvalue weighted by molar-refractivity contribution is -0.130. The topological polar surface area (TPSA) is 49.3 Å². The van der Waals surface area contributed by atoms with Crippen molar-refractivity contribution in [3.05, 3.63) is 34.9 Å². The Bertz CT molecular complexity index is 522. The van der Waals surface area contributed by atoms with Crippen LogP contribution in [0.2, 0.25) is 5.02 Å². The highest BCUT2D eigenvalue weighted by Crippen LogP contribution is 2.38. The fourth-order valence-electron chi connectivity index (χ4n) is 3.83. The smallest absolute Gasteiger partial charge is 0.223 e. The summed E-state index contributed by atoms with van der Waals surface area (Å²) in [5.41, 5.74) is 1.12. The summed E-state index contributed by atoms with van der Waals surface area (Å²) in [6.07, 6.45) is 6.45. The SMILES string of the molecule is O=C(N[C@H](c1cccc(Cl)c1)C1CCCC1)C1CC(CO)C1. The lowest BCUT2D eigenvalue weighted by Crippen LogP contribution is -2.42. The predicted octanol–water partition coefficient (Wildman–Crippen LogP) is 3.71. The Morgan fingerprint density at radius 3 is 2.68 bits per heavy atom. The van der Waals surface area contributed by atoms with Gasteiger partial charge in [0.25, 0.3) is 0 Å². The number of carbonyl (C=O) groups excluding carboxylic acids is 1. The second-order valence-electron chi connectivity index (χ2n) is 6.80. The number of aliphatic hydroxyl groups excluding tert-OH is 1. The van der Waals surface area contributed by atoms with Gasteiger partial charge in [0.15, 0.2) is 0 Å². The molecule has 3 nitrogen and oxygen atoms in total. The Hall–Kier alpha value is -1.06. The van der Waals surface area contributed by atoms with E-state index in [-0.39, 0.29) is 24.5 Å². The van der Waals surface area contributed by atoms with Crippen LogP contribution < -0.4 is 5.32 Å². The van der Waals surface area contributed by atoms with Gasteiger partial charge in [-0.1, -0.05) is 36.6 Å². The maximum Gasteiger partial charge on any atom is 0.223 e. The summed E-state index contributed by atoms with van der Waals surface area (Å²) in [7, 11) is 0. The van der Waals surface area contributed by atoms with E-state index in [1.54, 1.807) is 0 Å². The molecule has 0 heterocycles. The van der Waals surface area contributed by atoms with E-state index < -0.39 is 0 Å². The molecule has 0 bridgehead atoms. The molecule has 1 aromatic carbocycles. The second kappa shape index (κ2) is 7.01. The molecule has 2 fully saturated rings. The van der Waals surface area contributed by atoms with Crippen LogP contribution in [0.5, 0.6) is 0 Å². The number of nitrogens with one attached hydrogen (secondary N) is 1. The Balaban J connectivity index is 1.70. The highest BCUT2D eigenvalue weighted by atomic mass is 35.5. The van der Waals surface area contributed by atoms with Crippen molar-refractivity contribution in [1.29, 1.82) is 0 Å². The van der Waals surface area contributed by atoms with Crippen molar-refractivity contribution < 1.29 is 9.90 Å². The number of amides is 1. The van der Waals surface area contributed by atoms with Crippen LogP contribution in [0.4, 0.5) is 0 Å². The minimum Gasteiger partial charge on any atom is -0.396 e. The Kier molecular flexibility index (Phi) is 5.04. The first-order valence-electron chi connectivity index (χ1n) is 8.34. The first-order valence-corrected chi connectivity index (χ1v) is 8.72. The number of carbonyl (C=O) groups is 1. The Morgan fingerprint density at radius 2 is 2.05 bits per heavy atom. The van der Waals surface area contributed by atoms with Crippen molar-refractivity contribution in [2.45, 2.75) is 44.6 Å². The van der Waals surface area contributed by atoms with Gasteiger partial charge in [-0.25, -0.2) is 0 Å². The van der Waals surface area contributed by atoms with E-state index in [2.05, 4.69) is 11.4 Å². The molecule has 2 aliphatic rings. The first kappa shape index (κ1) is 15.8. The average molecular weight is 322 g/mol. The molecular weight excluding hydrogens is 298 g/mol. The molecule has 1 atom stereocenters. The summed E-state index contributed by atoms with van der Waals surface area (Å²) in [6.45, 7) is 0.199. The lowest BCUT2D eigenvalue weighted by Gasteiger charge is -2.35. The number of halogens is 1. The summed E-state index contributed by atoms with van der Waals surface area (Å²) < 4.78 is 0. The maximum atomic E-state index is 12.5. The first-order chi connectivity index (χ1) is 10.7. The van der Waals surface area contributed by atoms with Gasteiger partial charge >= 0.3 is 0 Å².